The molecule has 0 aromatic heterocycles. The summed E-state index contributed by atoms with van der Waals surface area (Å²) in [7, 11) is 1.64. The minimum atomic E-state index is -0.501. The van der Waals surface area contributed by atoms with Gasteiger partial charge in [0, 0.05) is 6.54 Å². The molecule has 0 unspecified atom stereocenters. The third-order valence-corrected chi connectivity index (χ3v) is 4.74. The number of methoxy groups -OCH3 is 1. The predicted octanol–water partition coefficient (Wildman–Crippen LogP) is 3.17. The second-order valence-electron chi connectivity index (χ2n) is 6.99. The molecule has 3 aromatic carbocycles. The van der Waals surface area contributed by atoms with Crippen LogP contribution in [-0.2, 0) is 24.4 Å². The SMILES string of the molecule is COc1cccc(COc2ccc(CN[C@@H](Cc3ccc(O)cc3)C(N)=O)cc2)c1. The number of rotatable bonds is 10. The summed E-state index contributed by atoms with van der Waals surface area (Å²) >= 11 is 0. The average molecular weight is 406 g/mol. The van der Waals surface area contributed by atoms with Crippen molar-refractivity contribution in [1.82, 2.24) is 5.32 Å². The van der Waals surface area contributed by atoms with Crippen LogP contribution in [-0.4, -0.2) is 24.2 Å². The number of nitrogens with one attached hydrogen (secondary N) is 1. The van der Waals surface area contributed by atoms with E-state index in [1.54, 1.807) is 31.4 Å². The van der Waals surface area contributed by atoms with Crippen LogP contribution in [0.15, 0.2) is 72.8 Å². The Bertz CT molecular complexity index is 956. The topological polar surface area (TPSA) is 93.8 Å². The summed E-state index contributed by atoms with van der Waals surface area (Å²) in [6, 6.07) is 21.7. The quantitative estimate of drug-likeness (QED) is 0.481. The van der Waals surface area contributed by atoms with Crippen LogP contribution in [0.25, 0.3) is 0 Å². The zero-order valence-corrected chi connectivity index (χ0v) is 16.9. The van der Waals surface area contributed by atoms with Crippen LogP contribution >= 0.6 is 0 Å². The van der Waals surface area contributed by atoms with Crippen LogP contribution in [0.4, 0.5) is 0 Å². The molecule has 30 heavy (non-hydrogen) atoms. The molecule has 3 aromatic rings. The molecule has 4 N–H and O–H groups in total. The highest BCUT2D eigenvalue weighted by Crippen LogP contribution is 2.17. The van der Waals surface area contributed by atoms with E-state index in [2.05, 4.69) is 5.32 Å². The van der Waals surface area contributed by atoms with E-state index in [9.17, 15) is 9.90 Å². The second-order valence-corrected chi connectivity index (χ2v) is 6.99. The van der Waals surface area contributed by atoms with Crippen LogP contribution in [0.5, 0.6) is 17.2 Å². The fourth-order valence-electron chi connectivity index (χ4n) is 3.01. The Morgan fingerprint density at radius 1 is 0.967 bits per heavy atom. The minimum absolute atomic E-state index is 0.191. The van der Waals surface area contributed by atoms with Gasteiger partial charge in [-0.15, -0.1) is 0 Å². The molecule has 156 valence electrons. The molecule has 0 radical (unpaired) electrons. The van der Waals surface area contributed by atoms with Crippen LogP contribution < -0.4 is 20.5 Å². The number of phenols is 1. The Balaban J connectivity index is 1.52. The molecule has 0 saturated carbocycles. The molecule has 1 amide bonds. The summed E-state index contributed by atoms with van der Waals surface area (Å²) in [5.41, 5.74) is 8.50. The number of carbonyl (C=O) groups is 1. The first-order chi connectivity index (χ1) is 14.5. The number of nitrogens with two attached hydrogens (primary N) is 1. The van der Waals surface area contributed by atoms with Crippen LogP contribution in [0.1, 0.15) is 16.7 Å². The standard InChI is InChI=1S/C24H26N2O4/c1-29-22-4-2-3-19(13-22)16-30-21-11-7-18(8-12-21)15-26-23(24(25)28)14-17-5-9-20(27)10-6-17/h2-13,23,26-27H,14-16H2,1H3,(H2,25,28)/t23-/m0/s1. The second kappa shape index (κ2) is 10.3. The lowest BCUT2D eigenvalue weighted by Crippen LogP contribution is -2.42. The van der Waals surface area contributed by atoms with E-state index in [4.69, 9.17) is 15.2 Å². The summed E-state index contributed by atoms with van der Waals surface area (Å²) in [5, 5.41) is 12.6. The van der Waals surface area contributed by atoms with E-state index in [1.807, 2.05) is 48.5 Å². The summed E-state index contributed by atoms with van der Waals surface area (Å²) in [6.45, 7) is 0.951. The van der Waals surface area contributed by atoms with Crippen molar-refractivity contribution in [3.05, 3.63) is 89.5 Å². The van der Waals surface area contributed by atoms with Gasteiger partial charge in [-0.05, 0) is 59.5 Å². The monoisotopic (exact) mass is 406 g/mol. The summed E-state index contributed by atoms with van der Waals surface area (Å²) < 4.78 is 11.1. The average Bonchev–Trinajstić information content (AvgIpc) is 2.77. The van der Waals surface area contributed by atoms with Crippen LogP contribution in [0.3, 0.4) is 0 Å². The fourth-order valence-corrected chi connectivity index (χ4v) is 3.01. The first-order valence-electron chi connectivity index (χ1n) is 9.69. The number of primary amides is 1. The number of phenolic OH excluding ortho intramolecular Hbond substituents is 1. The van der Waals surface area contributed by atoms with Gasteiger partial charge >= 0.3 is 0 Å². The minimum Gasteiger partial charge on any atom is -0.508 e. The van der Waals surface area contributed by atoms with Crippen molar-refractivity contribution in [3.63, 3.8) is 0 Å². The number of carbonyl (C=O) groups excluding carboxylic acids is 1. The van der Waals surface area contributed by atoms with Gasteiger partial charge < -0.3 is 25.6 Å². The van der Waals surface area contributed by atoms with Crippen molar-refractivity contribution in [2.24, 2.45) is 5.73 Å². The van der Waals surface area contributed by atoms with E-state index < -0.39 is 11.9 Å². The molecule has 0 spiro atoms. The van der Waals surface area contributed by atoms with Crippen molar-refractivity contribution in [2.45, 2.75) is 25.6 Å². The molecule has 0 saturated heterocycles. The lowest BCUT2D eigenvalue weighted by Gasteiger charge is -2.16. The first-order valence-corrected chi connectivity index (χ1v) is 9.69. The number of hydrogen-bond donors (Lipinski definition) is 3. The number of aromatic hydroxyl groups is 1. The van der Waals surface area contributed by atoms with Crippen LogP contribution in [0.2, 0.25) is 0 Å². The van der Waals surface area contributed by atoms with E-state index >= 15 is 0 Å². The van der Waals surface area contributed by atoms with Gasteiger partial charge in [0.1, 0.15) is 23.9 Å². The number of amides is 1. The van der Waals surface area contributed by atoms with Gasteiger partial charge in [0.05, 0.1) is 13.2 Å². The maximum Gasteiger partial charge on any atom is 0.234 e. The Hall–Kier alpha value is -3.51. The smallest absolute Gasteiger partial charge is 0.234 e. The van der Waals surface area contributed by atoms with E-state index in [0.717, 1.165) is 28.2 Å². The van der Waals surface area contributed by atoms with Crippen molar-refractivity contribution < 1.29 is 19.4 Å². The van der Waals surface area contributed by atoms with Crippen molar-refractivity contribution >= 4 is 5.91 Å². The van der Waals surface area contributed by atoms with Crippen molar-refractivity contribution in [3.8, 4) is 17.2 Å². The van der Waals surface area contributed by atoms with E-state index in [1.165, 1.54) is 0 Å². The van der Waals surface area contributed by atoms with Gasteiger partial charge in [-0.2, -0.15) is 0 Å². The summed E-state index contributed by atoms with van der Waals surface area (Å²) in [4.78, 5) is 11.8. The predicted molar refractivity (Wildman–Crippen MR) is 115 cm³/mol. The normalized spacial score (nSPS) is 11.6. The molecule has 0 aliphatic carbocycles. The van der Waals surface area contributed by atoms with Gasteiger partial charge in [0.2, 0.25) is 5.91 Å². The van der Waals surface area contributed by atoms with Crippen molar-refractivity contribution in [2.75, 3.05) is 7.11 Å². The van der Waals surface area contributed by atoms with Gasteiger partial charge in [0.25, 0.3) is 0 Å². The molecule has 0 heterocycles. The molecule has 6 heteroatoms. The zero-order valence-electron chi connectivity index (χ0n) is 16.9. The Labute approximate surface area is 176 Å². The highest BCUT2D eigenvalue weighted by molar-refractivity contribution is 5.80. The van der Waals surface area contributed by atoms with Crippen molar-refractivity contribution in [1.29, 1.82) is 0 Å². The molecular weight excluding hydrogens is 380 g/mol. The van der Waals surface area contributed by atoms with Gasteiger partial charge in [-0.25, -0.2) is 0 Å². The number of ether oxygens (including phenoxy) is 2. The summed E-state index contributed by atoms with van der Waals surface area (Å²) in [6.07, 6.45) is 0.456. The first kappa shape index (κ1) is 21.2. The molecule has 1 atom stereocenters. The molecule has 3 rings (SSSR count). The maximum absolute atomic E-state index is 11.8. The fraction of sp³-hybridized carbons (Fsp3) is 0.208. The van der Waals surface area contributed by atoms with E-state index in [0.29, 0.717) is 19.6 Å². The van der Waals surface area contributed by atoms with Gasteiger partial charge in [0.15, 0.2) is 0 Å². The number of hydrogen-bond acceptors (Lipinski definition) is 5. The Kier molecular flexibility index (Phi) is 7.29. The Morgan fingerprint density at radius 2 is 1.67 bits per heavy atom. The van der Waals surface area contributed by atoms with Gasteiger partial charge in [-0.1, -0.05) is 36.4 Å². The zero-order chi connectivity index (χ0) is 21.3. The lowest BCUT2D eigenvalue weighted by atomic mass is 10.0. The Morgan fingerprint density at radius 3 is 2.33 bits per heavy atom. The molecule has 0 fully saturated rings. The molecule has 0 aliphatic rings. The third-order valence-electron chi connectivity index (χ3n) is 4.74. The largest absolute Gasteiger partial charge is 0.508 e. The molecule has 0 bridgehead atoms. The van der Waals surface area contributed by atoms with Gasteiger partial charge in [-0.3, -0.25) is 4.79 Å². The molecule has 6 nitrogen and oxygen atoms in total. The number of benzene rings is 3. The summed E-state index contributed by atoms with van der Waals surface area (Å²) in [5.74, 6) is 1.34. The lowest BCUT2D eigenvalue weighted by molar-refractivity contribution is -0.120. The maximum atomic E-state index is 11.8. The highest BCUT2D eigenvalue weighted by Gasteiger charge is 2.15. The van der Waals surface area contributed by atoms with E-state index in [-0.39, 0.29) is 5.75 Å². The molecular formula is C24H26N2O4. The third kappa shape index (κ3) is 6.25. The highest BCUT2D eigenvalue weighted by atomic mass is 16.5. The molecule has 0 aliphatic heterocycles. The van der Waals surface area contributed by atoms with Crippen LogP contribution in [0, 0.1) is 0 Å².